The molecule has 0 unspecified atom stereocenters. The number of hydrogen-bond donors (Lipinski definition) is 1. The number of carbonyl (C=O) groups is 2. The van der Waals surface area contributed by atoms with E-state index in [0.717, 1.165) is 0 Å². The van der Waals surface area contributed by atoms with Crippen molar-refractivity contribution in [2.24, 2.45) is 0 Å². The number of ether oxygens (including phenoxy) is 2. The molecule has 0 aliphatic rings. The second-order valence-corrected chi connectivity index (χ2v) is 5.00. The molecule has 1 aromatic heterocycles. The van der Waals surface area contributed by atoms with Gasteiger partial charge in [-0.15, -0.1) is 0 Å². The normalized spacial score (nSPS) is 10.2. The molecule has 0 bridgehead atoms. The zero-order valence-corrected chi connectivity index (χ0v) is 13.8. The van der Waals surface area contributed by atoms with Gasteiger partial charge in [-0.2, -0.15) is 0 Å². The molecule has 1 aromatic carbocycles. The molecule has 7 heteroatoms. The van der Waals surface area contributed by atoms with Crippen LogP contribution in [0.2, 0.25) is 0 Å². The predicted molar refractivity (Wildman–Crippen MR) is 87.2 cm³/mol. The first-order valence-corrected chi connectivity index (χ1v) is 7.06. The minimum absolute atomic E-state index is 0.106. The third-order valence-corrected chi connectivity index (χ3v) is 3.41. The number of aryl methyl sites for hydroxylation is 1. The molecule has 24 heavy (non-hydrogen) atoms. The Morgan fingerprint density at radius 2 is 1.75 bits per heavy atom. The Hall–Kier alpha value is -3.09. The molecule has 2 rings (SSSR count). The quantitative estimate of drug-likeness (QED) is 0.846. The fourth-order valence-electron chi connectivity index (χ4n) is 2.16. The monoisotopic (exact) mass is 331 g/mol. The first kappa shape index (κ1) is 17.3. The highest BCUT2D eigenvalue weighted by Gasteiger charge is 2.16. The van der Waals surface area contributed by atoms with Crippen molar-refractivity contribution in [1.82, 2.24) is 0 Å². The van der Waals surface area contributed by atoms with Crippen LogP contribution in [-0.4, -0.2) is 25.9 Å². The SMILES string of the molecule is COc1ccc(C(=O)Nc2cc(C(C)=O)c(C)oc2=O)cc1OC. The molecular formula is C17H17NO6. The fraction of sp³-hybridized carbons (Fsp3) is 0.235. The lowest BCUT2D eigenvalue weighted by Gasteiger charge is -2.10. The summed E-state index contributed by atoms with van der Waals surface area (Å²) in [7, 11) is 2.94. The van der Waals surface area contributed by atoms with Gasteiger partial charge in [0.25, 0.3) is 5.91 Å². The van der Waals surface area contributed by atoms with Gasteiger partial charge in [0.05, 0.1) is 19.8 Å². The zero-order chi connectivity index (χ0) is 17.9. The first-order chi connectivity index (χ1) is 11.4. The molecule has 1 N–H and O–H groups in total. The lowest BCUT2D eigenvalue weighted by Crippen LogP contribution is -2.19. The van der Waals surface area contributed by atoms with Gasteiger partial charge in [-0.25, -0.2) is 4.79 Å². The van der Waals surface area contributed by atoms with Gasteiger partial charge in [0, 0.05) is 5.56 Å². The molecule has 7 nitrogen and oxygen atoms in total. The Morgan fingerprint density at radius 3 is 2.33 bits per heavy atom. The van der Waals surface area contributed by atoms with Crippen LogP contribution in [0, 0.1) is 6.92 Å². The van der Waals surface area contributed by atoms with Crippen LogP contribution in [0.3, 0.4) is 0 Å². The van der Waals surface area contributed by atoms with Crippen LogP contribution in [0.4, 0.5) is 5.69 Å². The van der Waals surface area contributed by atoms with Crippen LogP contribution >= 0.6 is 0 Å². The van der Waals surface area contributed by atoms with E-state index in [9.17, 15) is 14.4 Å². The summed E-state index contributed by atoms with van der Waals surface area (Å²) in [6.45, 7) is 2.86. The molecule has 0 aliphatic heterocycles. The van der Waals surface area contributed by atoms with Gasteiger partial charge < -0.3 is 19.2 Å². The third kappa shape index (κ3) is 3.45. The molecule has 126 valence electrons. The van der Waals surface area contributed by atoms with E-state index in [2.05, 4.69) is 5.32 Å². The number of anilines is 1. The summed E-state index contributed by atoms with van der Waals surface area (Å²) in [5, 5.41) is 2.44. The van der Waals surface area contributed by atoms with Crippen molar-refractivity contribution in [1.29, 1.82) is 0 Å². The van der Waals surface area contributed by atoms with Crippen molar-refractivity contribution in [2.45, 2.75) is 13.8 Å². The summed E-state index contributed by atoms with van der Waals surface area (Å²) in [6.07, 6.45) is 0. The maximum atomic E-state index is 12.3. The molecule has 0 fully saturated rings. The van der Waals surface area contributed by atoms with E-state index in [1.54, 1.807) is 6.07 Å². The van der Waals surface area contributed by atoms with Gasteiger partial charge in [0.1, 0.15) is 11.4 Å². The van der Waals surface area contributed by atoms with Gasteiger partial charge in [-0.05, 0) is 38.1 Å². The topological polar surface area (TPSA) is 94.8 Å². The number of rotatable bonds is 5. The molecule has 0 saturated heterocycles. The summed E-state index contributed by atoms with van der Waals surface area (Å²) < 4.78 is 15.2. The number of hydrogen-bond acceptors (Lipinski definition) is 6. The molecule has 1 heterocycles. The highest BCUT2D eigenvalue weighted by molar-refractivity contribution is 6.05. The largest absolute Gasteiger partial charge is 0.493 e. The van der Waals surface area contributed by atoms with Crippen LogP contribution in [0.5, 0.6) is 11.5 Å². The number of methoxy groups -OCH3 is 2. The van der Waals surface area contributed by atoms with E-state index in [0.29, 0.717) is 11.5 Å². The van der Waals surface area contributed by atoms with Crippen molar-refractivity contribution in [3.05, 3.63) is 51.6 Å². The van der Waals surface area contributed by atoms with Crippen LogP contribution in [-0.2, 0) is 0 Å². The second kappa shape index (κ2) is 6.99. The Bertz CT molecular complexity index is 853. The van der Waals surface area contributed by atoms with Crippen molar-refractivity contribution in [3.8, 4) is 11.5 Å². The van der Waals surface area contributed by atoms with Gasteiger partial charge in [0.2, 0.25) is 0 Å². The van der Waals surface area contributed by atoms with E-state index < -0.39 is 11.5 Å². The zero-order valence-electron chi connectivity index (χ0n) is 13.8. The number of amides is 1. The number of benzene rings is 1. The van der Waals surface area contributed by atoms with Crippen LogP contribution in [0.1, 0.15) is 33.4 Å². The van der Waals surface area contributed by atoms with Crippen LogP contribution in [0.15, 0.2) is 33.5 Å². The highest BCUT2D eigenvalue weighted by Crippen LogP contribution is 2.27. The molecular weight excluding hydrogens is 314 g/mol. The third-order valence-electron chi connectivity index (χ3n) is 3.41. The first-order valence-electron chi connectivity index (χ1n) is 7.06. The summed E-state index contributed by atoms with van der Waals surface area (Å²) >= 11 is 0. The van der Waals surface area contributed by atoms with Gasteiger partial charge in [0.15, 0.2) is 17.3 Å². The molecule has 0 atom stereocenters. The van der Waals surface area contributed by atoms with Crippen molar-refractivity contribution in [3.63, 3.8) is 0 Å². The van der Waals surface area contributed by atoms with Crippen molar-refractivity contribution < 1.29 is 23.5 Å². The van der Waals surface area contributed by atoms with Crippen LogP contribution < -0.4 is 20.4 Å². The molecule has 0 aliphatic carbocycles. The minimum Gasteiger partial charge on any atom is -0.493 e. The van der Waals surface area contributed by atoms with E-state index in [1.807, 2.05) is 0 Å². The van der Waals surface area contributed by atoms with Gasteiger partial charge in [-0.3, -0.25) is 9.59 Å². The maximum Gasteiger partial charge on any atom is 0.359 e. The minimum atomic E-state index is -0.730. The van der Waals surface area contributed by atoms with Crippen molar-refractivity contribution in [2.75, 3.05) is 19.5 Å². The number of ketones is 1. The predicted octanol–water partition coefficient (Wildman–Crippen LogP) is 2.42. The number of carbonyl (C=O) groups excluding carboxylic acids is 2. The summed E-state index contributed by atoms with van der Waals surface area (Å²) in [6, 6.07) is 5.89. The molecule has 0 spiro atoms. The fourth-order valence-corrected chi connectivity index (χ4v) is 2.16. The average molecular weight is 331 g/mol. The Kier molecular flexibility index (Phi) is 5.03. The number of nitrogens with one attached hydrogen (secondary N) is 1. The van der Waals surface area contributed by atoms with E-state index >= 15 is 0 Å². The van der Waals surface area contributed by atoms with Gasteiger partial charge >= 0.3 is 5.63 Å². The molecule has 1 amide bonds. The average Bonchev–Trinajstić information content (AvgIpc) is 2.56. The Balaban J connectivity index is 2.35. The standard InChI is InChI=1S/C17H17NO6/c1-9(19)12-8-13(17(21)24-10(12)2)18-16(20)11-5-6-14(22-3)15(7-11)23-4/h5-8H,1-4H3,(H,18,20). The molecule has 2 aromatic rings. The van der Waals surface area contributed by atoms with Crippen molar-refractivity contribution >= 4 is 17.4 Å². The molecule has 0 saturated carbocycles. The summed E-state index contributed by atoms with van der Waals surface area (Å²) in [5.74, 6) is 0.254. The second-order valence-electron chi connectivity index (χ2n) is 5.00. The molecule has 0 radical (unpaired) electrons. The highest BCUT2D eigenvalue weighted by atomic mass is 16.5. The smallest absolute Gasteiger partial charge is 0.359 e. The lowest BCUT2D eigenvalue weighted by atomic mass is 10.1. The van der Waals surface area contributed by atoms with Gasteiger partial charge in [-0.1, -0.05) is 0 Å². The maximum absolute atomic E-state index is 12.3. The summed E-state index contributed by atoms with van der Waals surface area (Å²) in [4.78, 5) is 35.7. The lowest BCUT2D eigenvalue weighted by molar-refractivity contribution is 0.100. The Labute approximate surface area is 138 Å². The Morgan fingerprint density at radius 1 is 1.08 bits per heavy atom. The van der Waals surface area contributed by atoms with E-state index in [-0.39, 0.29) is 28.4 Å². The number of Topliss-reactive ketones (excluding diaryl/α,β-unsaturated/α-hetero) is 1. The van der Waals surface area contributed by atoms with E-state index in [4.69, 9.17) is 13.9 Å². The van der Waals surface area contributed by atoms with Crippen LogP contribution in [0.25, 0.3) is 0 Å². The summed E-state index contributed by atoms with van der Waals surface area (Å²) in [5.41, 5.74) is -0.342. The van der Waals surface area contributed by atoms with E-state index in [1.165, 1.54) is 46.3 Å².